The average molecular weight is 1200 g/mol. The maximum atomic E-state index is 14.4. The Morgan fingerprint density at radius 2 is 0.817 bits per heavy atom. The Labute approximate surface area is 498 Å². The number of rotatable bonds is 36. The zero-order valence-electron chi connectivity index (χ0n) is 52.0. The van der Waals surface area contributed by atoms with Crippen LogP contribution in [0.15, 0.2) is 187 Å². The van der Waals surface area contributed by atoms with E-state index in [4.69, 9.17) is 9.16 Å². The third kappa shape index (κ3) is 22.4. The molecule has 0 spiro atoms. The van der Waals surface area contributed by atoms with Gasteiger partial charge in [0, 0.05) is 12.2 Å². The molecular formula is C68H100O10S3Si. The highest BCUT2D eigenvalue weighted by Crippen LogP contribution is 2.42. The van der Waals surface area contributed by atoms with Crippen molar-refractivity contribution in [1.29, 1.82) is 0 Å². The number of aliphatic hydroxyl groups is 1. The molecule has 3 rings (SSSR count). The van der Waals surface area contributed by atoms with Crippen molar-refractivity contribution in [2.24, 2.45) is 5.92 Å². The lowest BCUT2D eigenvalue weighted by molar-refractivity contribution is -0.136. The van der Waals surface area contributed by atoms with Gasteiger partial charge < -0.3 is 14.3 Å². The molecule has 4 atom stereocenters. The van der Waals surface area contributed by atoms with Gasteiger partial charge in [-0.25, -0.2) is 30.0 Å². The highest BCUT2D eigenvalue weighted by atomic mass is 32.2. The molecule has 0 aromatic heterocycles. The van der Waals surface area contributed by atoms with Crippen LogP contribution in [0.25, 0.3) is 0 Å². The number of hydrogen-bond acceptors (Lipinski definition) is 10. The number of hydrogen-bond donors (Lipinski definition) is 1. The molecule has 0 radical (unpaired) electrons. The molecule has 0 amide bonds. The van der Waals surface area contributed by atoms with Gasteiger partial charge in [0.1, 0.15) is 0 Å². The summed E-state index contributed by atoms with van der Waals surface area (Å²) in [5.74, 6) is -0.232. The summed E-state index contributed by atoms with van der Waals surface area (Å²) in [5, 5.41) is 6.73. The van der Waals surface area contributed by atoms with Crippen LogP contribution in [0.4, 0.5) is 0 Å². The van der Waals surface area contributed by atoms with Gasteiger partial charge >= 0.3 is 5.97 Å². The van der Waals surface area contributed by atoms with E-state index in [0.29, 0.717) is 86.1 Å². The van der Waals surface area contributed by atoms with Crippen LogP contribution >= 0.6 is 0 Å². The quantitative estimate of drug-likeness (QED) is 0.0257. The predicted octanol–water partition coefficient (Wildman–Crippen LogP) is 16.8. The number of sulfone groups is 3. The molecule has 454 valence electrons. The lowest BCUT2D eigenvalue weighted by Gasteiger charge is -2.42. The molecular weight excluding hydrogens is 1100 g/mol. The Bertz CT molecular complexity index is 3000. The number of benzene rings is 3. The second kappa shape index (κ2) is 34.9. The molecule has 0 heterocycles. The third-order valence-corrected chi connectivity index (χ3v) is 28.0. The van der Waals surface area contributed by atoms with E-state index in [1.54, 1.807) is 97.1 Å². The number of ether oxygens (including phenoxy) is 1. The van der Waals surface area contributed by atoms with Crippen molar-refractivity contribution in [1.82, 2.24) is 0 Å². The molecule has 3 aromatic rings. The lowest BCUT2D eigenvalue weighted by atomic mass is 9.99. The van der Waals surface area contributed by atoms with Crippen LogP contribution < -0.4 is 0 Å². The minimum atomic E-state index is -3.94. The normalized spacial score (nSPS) is 15.8. The van der Waals surface area contributed by atoms with Gasteiger partial charge in [0.25, 0.3) is 0 Å². The second-order valence-electron chi connectivity index (χ2n) is 23.6. The van der Waals surface area contributed by atoms with Gasteiger partial charge in [0.2, 0.25) is 0 Å². The number of aliphatic hydroxyl groups excluding tert-OH is 1. The molecule has 0 aliphatic carbocycles. The average Bonchev–Trinajstić information content (AvgIpc) is 3.50. The van der Waals surface area contributed by atoms with Gasteiger partial charge in [-0.2, -0.15) is 0 Å². The van der Waals surface area contributed by atoms with Crippen LogP contribution in [-0.2, 0) is 43.5 Å². The summed E-state index contributed by atoms with van der Waals surface area (Å²) in [6.07, 6.45) is 19.6. The Kier molecular flexibility index (Phi) is 30.5. The first-order valence-electron chi connectivity index (χ1n) is 29.5. The molecule has 14 heteroatoms. The number of allylic oxidation sites excluding steroid dienone is 9. The topological polar surface area (TPSA) is 158 Å². The minimum Gasteiger partial charge on any atom is -0.466 e. The zero-order valence-corrected chi connectivity index (χ0v) is 55.4. The first kappa shape index (κ1) is 71.6. The second-order valence-corrected chi connectivity index (χ2v) is 35.6. The van der Waals surface area contributed by atoms with Crippen molar-refractivity contribution in [3.05, 3.63) is 173 Å². The largest absolute Gasteiger partial charge is 0.466 e. The Hall–Kier alpha value is -4.70. The van der Waals surface area contributed by atoms with Gasteiger partial charge in [-0.15, -0.1) is 0 Å². The molecule has 0 saturated carbocycles. The molecule has 3 aromatic carbocycles. The number of carbonyl (C=O) groups is 1. The molecule has 0 fully saturated rings. The molecule has 10 nitrogen and oxygen atoms in total. The number of carbonyl (C=O) groups excluding carboxylic acids is 1. The maximum Gasteiger partial charge on any atom is 0.333 e. The molecule has 82 heavy (non-hydrogen) atoms. The van der Waals surface area contributed by atoms with Crippen molar-refractivity contribution in [2.45, 2.75) is 214 Å². The standard InChI is InChI=1S/C68H100O10S3Si/c1-51(2)82(52(3)4,53(5)6)78-43-42-54(7)28-27-35-61(68(70)77-14)49-67(81(75,76)64-40-22-17-23-41-64)48-59(12)32-25-31-57(10)45-65(79(71,72)62-36-18-15-19-37-62)44-55(8)29-24-30-56(9)46-66(47-58(11)33-26-34-60(13)50-69)80(73,74)63-38-20-16-21-39-63/h15-23,30-31,34-41,44,47-48,51-54,65-67,69H,24-29,32-33,42-43,45-46,49-50H2,1-14H3/b55-44-,56-30-,57-31-,58-47-,59-48-,60-34-,61-35+/t54-,65?,66?,67?/m0/s1. The van der Waals surface area contributed by atoms with E-state index in [1.807, 2.05) is 78.0 Å². The zero-order chi connectivity index (χ0) is 61.3. The molecule has 0 aliphatic heterocycles. The molecule has 0 saturated heterocycles. The Morgan fingerprint density at radius 3 is 1.15 bits per heavy atom. The summed E-state index contributed by atoms with van der Waals surface area (Å²) >= 11 is 0. The maximum absolute atomic E-state index is 14.4. The van der Waals surface area contributed by atoms with Gasteiger partial charge in [-0.3, -0.25) is 0 Å². The highest BCUT2D eigenvalue weighted by molar-refractivity contribution is 7.92. The smallest absolute Gasteiger partial charge is 0.333 e. The van der Waals surface area contributed by atoms with E-state index in [-0.39, 0.29) is 34.1 Å². The van der Waals surface area contributed by atoms with Gasteiger partial charge in [-0.05, 0) is 178 Å². The molecule has 3 unspecified atom stereocenters. The van der Waals surface area contributed by atoms with E-state index in [1.165, 1.54) is 7.11 Å². The van der Waals surface area contributed by atoms with Crippen LogP contribution in [-0.4, -0.2) is 80.7 Å². The van der Waals surface area contributed by atoms with Crippen molar-refractivity contribution in [3.63, 3.8) is 0 Å². The fourth-order valence-corrected chi connectivity index (χ4v) is 21.8. The van der Waals surface area contributed by atoms with Crippen molar-refractivity contribution >= 4 is 43.8 Å². The summed E-state index contributed by atoms with van der Waals surface area (Å²) in [7, 11) is -12.1. The van der Waals surface area contributed by atoms with Crippen molar-refractivity contribution in [2.75, 3.05) is 20.3 Å². The fourth-order valence-electron chi connectivity index (χ4n) is 11.1. The van der Waals surface area contributed by atoms with Gasteiger partial charge in [-0.1, -0.05) is 179 Å². The predicted molar refractivity (Wildman–Crippen MR) is 344 cm³/mol. The fraction of sp³-hybridized carbons (Fsp3) is 0.515. The lowest BCUT2D eigenvalue weighted by Crippen LogP contribution is -2.48. The van der Waals surface area contributed by atoms with Gasteiger partial charge in [0.05, 0.1) is 44.2 Å². The van der Waals surface area contributed by atoms with E-state index in [9.17, 15) is 35.2 Å². The Balaban J connectivity index is 1.85. The van der Waals surface area contributed by atoms with Crippen molar-refractivity contribution in [3.8, 4) is 0 Å². The summed E-state index contributed by atoms with van der Waals surface area (Å²) in [4.78, 5) is 14.0. The molecule has 1 N–H and O–H groups in total. The van der Waals surface area contributed by atoms with Crippen LogP contribution in [0, 0.1) is 5.92 Å². The van der Waals surface area contributed by atoms with E-state index in [0.717, 1.165) is 46.3 Å². The summed E-state index contributed by atoms with van der Waals surface area (Å²) in [6, 6.07) is 25.3. The van der Waals surface area contributed by atoms with E-state index < -0.39 is 59.5 Å². The minimum absolute atomic E-state index is 0.0150. The monoisotopic (exact) mass is 1200 g/mol. The Morgan fingerprint density at radius 1 is 0.476 bits per heavy atom. The number of esters is 1. The first-order chi connectivity index (χ1) is 38.6. The van der Waals surface area contributed by atoms with Crippen LogP contribution in [0.3, 0.4) is 0 Å². The molecule has 0 aliphatic rings. The number of methoxy groups -OCH3 is 1. The van der Waals surface area contributed by atoms with E-state index >= 15 is 0 Å². The summed E-state index contributed by atoms with van der Waals surface area (Å²) in [6.45, 7) is 28.1. The SMILES string of the molecule is COC(=O)/C(=C/CC[C@H](C)CCO[Si](C(C)C)(C(C)C)C(C)C)CC(/C=C(/C)CC/C=C(/C)CC(/C=C(/C)CC/C=C(/C)CC(/C=C(/C)CC/C=C(/C)CO)S(=O)(=O)c1ccccc1)S(=O)(=O)c1ccccc1)S(=O)(=O)c1ccccc1. The molecule has 0 bridgehead atoms. The van der Waals surface area contributed by atoms with E-state index in [2.05, 4.69) is 48.5 Å². The van der Waals surface area contributed by atoms with Crippen LogP contribution in [0.5, 0.6) is 0 Å². The summed E-state index contributed by atoms with van der Waals surface area (Å²) < 4.78 is 97.6. The first-order valence-corrected chi connectivity index (χ1v) is 36.3. The van der Waals surface area contributed by atoms with Crippen LogP contribution in [0.2, 0.25) is 16.6 Å². The van der Waals surface area contributed by atoms with Crippen LogP contribution in [0.1, 0.15) is 167 Å². The van der Waals surface area contributed by atoms with Crippen molar-refractivity contribution < 1.29 is 44.3 Å². The summed E-state index contributed by atoms with van der Waals surface area (Å²) in [5.41, 5.74) is 7.13. The van der Waals surface area contributed by atoms with Gasteiger partial charge in [0.15, 0.2) is 37.8 Å². The highest BCUT2D eigenvalue weighted by Gasteiger charge is 2.45. The third-order valence-electron chi connectivity index (χ3n) is 15.8.